The van der Waals surface area contributed by atoms with Gasteiger partial charge in [0.1, 0.15) is 5.82 Å². The van der Waals surface area contributed by atoms with Gasteiger partial charge in [0.2, 0.25) is 0 Å². The number of allylic oxidation sites excluding steroid dienone is 1. The van der Waals surface area contributed by atoms with Crippen LogP contribution in [-0.2, 0) is 6.54 Å². The van der Waals surface area contributed by atoms with E-state index in [0.717, 1.165) is 12.2 Å². The Morgan fingerprint density at radius 2 is 2.06 bits per heavy atom. The number of rotatable bonds is 4. The van der Waals surface area contributed by atoms with Gasteiger partial charge in [-0.15, -0.1) is 0 Å². The Bertz CT molecular complexity index is 570. The van der Waals surface area contributed by atoms with E-state index in [9.17, 15) is 9.18 Å². The second kappa shape index (κ2) is 5.40. The quantitative estimate of drug-likeness (QED) is 0.612. The second-order valence-electron chi connectivity index (χ2n) is 3.80. The third-order valence-electron chi connectivity index (χ3n) is 2.52. The van der Waals surface area contributed by atoms with Crippen LogP contribution in [0.4, 0.5) is 4.39 Å². The van der Waals surface area contributed by atoms with Crippen LogP contribution in [0, 0.1) is 5.82 Å². The molecule has 2 aromatic rings. The van der Waals surface area contributed by atoms with E-state index in [2.05, 4.69) is 5.10 Å². The number of hydrogen-bond donors (Lipinski definition) is 0. The molecule has 0 amide bonds. The Morgan fingerprint density at radius 3 is 2.67 bits per heavy atom. The third kappa shape index (κ3) is 2.91. The summed E-state index contributed by atoms with van der Waals surface area (Å²) in [6.07, 6.45) is 4.94. The van der Waals surface area contributed by atoms with E-state index in [4.69, 9.17) is 0 Å². The highest BCUT2D eigenvalue weighted by Crippen LogP contribution is 2.06. The van der Waals surface area contributed by atoms with E-state index in [0.29, 0.717) is 5.56 Å². The van der Waals surface area contributed by atoms with Gasteiger partial charge in [-0.3, -0.25) is 9.48 Å². The topological polar surface area (TPSA) is 34.9 Å². The molecule has 0 aliphatic heterocycles. The number of carbonyl (C=O) groups is 1. The van der Waals surface area contributed by atoms with Crippen LogP contribution in [0.3, 0.4) is 0 Å². The minimum Gasteiger partial charge on any atom is -0.289 e. The van der Waals surface area contributed by atoms with Crippen LogP contribution >= 0.6 is 0 Å². The average molecular weight is 244 g/mol. The molecule has 0 aliphatic carbocycles. The largest absolute Gasteiger partial charge is 0.289 e. The summed E-state index contributed by atoms with van der Waals surface area (Å²) in [5.74, 6) is -0.515. The molecule has 0 unspecified atom stereocenters. The van der Waals surface area contributed by atoms with Gasteiger partial charge in [-0.2, -0.15) is 5.10 Å². The Hall–Kier alpha value is -2.23. The molecule has 1 heterocycles. The predicted molar refractivity (Wildman–Crippen MR) is 67.7 cm³/mol. The lowest BCUT2D eigenvalue weighted by Crippen LogP contribution is -1.95. The van der Waals surface area contributed by atoms with Crippen molar-refractivity contribution in [2.45, 2.75) is 13.5 Å². The minimum absolute atomic E-state index is 0.166. The van der Waals surface area contributed by atoms with Gasteiger partial charge >= 0.3 is 0 Å². The van der Waals surface area contributed by atoms with Gasteiger partial charge in [-0.05, 0) is 49.4 Å². The van der Waals surface area contributed by atoms with Gasteiger partial charge in [0.25, 0.3) is 0 Å². The van der Waals surface area contributed by atoms with Gasteiger partial charge in [0.05, 0.1) is 5.69 Å². The third-order valence-corrected chi connectivity index (χ3v) is 2.52. The van der Waals surface area contributed by atoms with Gasteiger partial charge in [-0.25, -0.2) is 4.39 Å². The zero-order valence-corrected chi connectivity index (χ0v) is 10.0. The maximum absolute atomic E-state index is 12.7. The number of ketones is 1. The van der Waals surface area contributed by atoms with Crippen molar-refractivity contribution < 1.29 is 9.18 Å². The van der Waals surface area contributed by atoms with Crippen LogP contribution in [0.25, 0.3) is 6.08 Å². The molecule has 3 nitrogen and oxygen atoms in total. The molecule has 0 fully saturated rings. The Labute approximate surface area is 105 Å². The number of carbonyl (C=O) groups excluding carboxylic acids is 1. The number of nitrogens with zero attached hydrogens (tertiary/aromatic N) is 2. The smallest absolute Gasteiger partial charge is 0.185 e. The summed E-state index contributed by atoms with van der Waals surface area (Å²) in [5.41, 5.74) is 1.19. The summed E-state index contributed by atoms with van der Waals surface area (Å²) in [5, 5.41) is 4.23. The Kier molecular flexibility index (Phi) is 3.67. The molecular formula is C14H13FN2O. The number of hydrogen-bond acceptors (Lipinski definition) is 2. The SMILES string of the molecule is CCn1ccc(/C=C/C(=O)c2ccc(F)cc2)n1. The fourth-order valence-corrected chi connectivity index (χ4v) is 1.51. The monoisotopic (exact) mass is 244 g/mol. The van der Waals surface area contributed by atoms with E-state index >= 15 is 0 Å². The standard InChI is InChI=1S/C14H13FN2O/c1-2-17-10-9-13(16-17)7-8-14(18)11-3-5-12(15)6-4-11/h3-10H,2H2,1H3/b8-7+. The lowest BCUT2D eigenvalue weighted by molar-refractivity contribution is 0.104. The van der Waals surface area contributed by atoms with E-state index < -0.39 is 0 Å². The maximum Gasteiger partial charge on any atom is 0.185 e. The summed E-state index contributed by atoms with van der Waals surface area (Å²) in [6.45, 7) is 2.78. The van der Waals surface area contributed by atoms with Crippen molar-refractivity contribution >= 4 is 11.9 Å². The highest BCUT2D eigenvalue weighted by Gasteiger charge is 2.02. The van der Waals surface area contributed by atoms with Crippen molar-refractivity contribution in [2.24, 2.45) is 0 Å². The minimum atomic E-state index is -0.350. The molecule has 18 heavy (non-hydrogen) atoms. The Morgan fingerprint density at radius 1 is 1.33 bits per heavy atom. The molecule has 0 spiro atoms. The molecule has 0 atom stereocenters. The molecule has 92 valence electrons. The van der Waals surface area contributed by atoms with E-state index in [1.807, 2.05) is 19.2 Å². The van der Waals surface area contributed by atoms with Crippen LogP contribution in [0.15, 0.2) is 42.6 Å². The molecule has 0 radical (unpaired) electrons. The summed E-state index contributed by atoms with van der Waals surface area (Å²) >= 11 is 0. The van der Waals surface area contributed by atoms with Gasteiger partial charge < -0.3 is 0 Å². The first-order chi connectivity index (χ1) is 8.69. The van der Waals surface area contributed by atoms with Crippen molar-refractivity contribution in [3.05, 3.63) is 59.7 Å². The molecule has 2 rings (SSSR count). The number of aryl methyl sites for hydroxylation is 1. The van der Waals surface area contributed by atoms with Gasteiger partial charge in [0.15, 0.2) is 5.78 Å². The van der Waals surface area contributed by atoms with E-state index in [1.54, 1.807) is 10.8 Å². The molecule has 0 aliphatic rings. The molecule has 1 aromatic carbocycles. The predicted octanol–water partition coefficient (Wildman–Crippen LogP) is 2.94. The zero-order chi connectivity index (χ0) is 13.0. The van der Waals surface area contributed by atoms with Crippen molar-refractivity contribution in [1.29, 1.82) is 0 Å². The lowest BCUT2D eigenvalue weighted by Gasteiger charge is -1.94. The van der Waals surface area contributed by atoms with Crippen molar-refractivity contribution in [3.63, 3.8) is 0 Å². The molecule has 0 bridgehead atoms. The van der Waals surface area contributed by atoms with Crippen LogP contribution in [0.1, 0.15) is 23.0 Å². The summed E-state index contributed by atoms with van der Waals surface area (Å²) < 4.78 is 14.5. The van der Waals surface area contributed by atoms with Crippen molar-refractivity contribution in [2.75, 3.05) is 0 Å². The fourth-order valence-electron chi connectivity index (χ4n) is 1.51. The first-order valence-corrected chi connectivity index (χ1v) is 5.70. The Balaban J connectivity index is 2.09. The van der Waals surface area contributed by atoms with E-state index in [-0.39, 0.29) is 11.6 Å². The van der Waals surface area contributed by atoms with Gasteiger partial charge in [-0.1, -0.05) is 0 Å². The number of halogens is 1. The van der Waals surface area contributed by atoms with Crippen LogP contribution in [-0.4, -0.2) is 15.6 Å². The summed E-state index contributed by atoms with van der Waals surface area (Å²) in [7, 11) is 0. The average Bonchev–Trinajstić information content (AvgIpc) is 2.85. The zero-order valence-electron chi connectivity index (χ0n) is 10.0. The van der Waals surface area contributed by atoms with Gasteiger partial charge in [0, 0.05) is 18.3 Å². The van der Waals surface area contributed by atoms with Crippen LogP contribution in [0.5, 0.6) is 0 Å². The molecule has 0 saturated heterocycles. The maximum atomic E-state index is 12.7. The highest BCUT2D eigenvalue weighted by molar-refractivity contribution is 6.06. The first-order valence-electron chi connectivity index (χ1n) is 5.70. The fraction of sp³-hybridized carbons (Fsp3) is 0.143. The van der Waals surface area contributed by atoms with E-state index in [1.165, 1.54) is 30.3 Å². The normalized spacial score (nSPS) is 11.0. The van der Waals surface area contributed by atoms with Crippen molar-refractivity contribution in [1.82, 2.24) is 9.78 Å². The highest BCUT2D eigenvalue weighted by atomic mass is 19.1. The van der Waals surface area contributed by atoms with Crippen LogP contribution < -0.4 is 0 Å². The lowest BCUT2D eigenvalue weighted by atomic mass is 10.1. The molecule has 4 heteroatoms. The first kappa shape index (κ1) is 12.2. The molecule has 0 saturated carbocycles. The number of benzene rings is 1. The molecule has 1 aromatic heterocycles. The van der Waals surface area contributed by atoms with Crippen molar-refractivity contribution in [3.8, 4) is 0 Å². The molecule has 0 N–H and O–H groups in total. The second-order valence-corrected chi connectivity index (χ2v) is 3.80. The number of aromatic nitrogens is 2. The summed E-state index contributed by atoms with van der Waals surface area (Å²) in [6, 6.07) is 7.30. The van der Waals surface area contributed by atoms with Crippen LogP contribution in [0.2, 0.25) is 0 Å². The summed E-state index contributed by atoms with van der Waals surface area (Å²) in [4.78, 5) is 11.8. The molecular weight excluding hydrogens is 231 g/mol.